The second-order valence-electron chi connectivity index (χ2n) is 5.55. The standard InChI is InChI=1S/C13H26O/c1-5-12(3,4)11-14-13(6-2)9-7-8-10-13/h5-11H2,1-4H3. The Morgan fingerprint density at radius 2 is 1.71 bits per heavy atom. The normalized spacial score (nSPS) is 21.4. The average Bonchev–Trinajstić information content (AvgIpc) is 2.65. The summed E-state index contributed by atoms with van der Waals surface area (Å²) in [5, 5.41) is 0. The van der Waals surface area contributed by atoms with Crippen molar-refractivity contribution in [3.63, 3.8) is 0 Å². The van der Waals surface area contributed by atoms with Crippen molar-refractivity contribution in [1.82, 2.24) is 0 Å². The van der Waals surface area contributed by atoms with Crippen LogP contribution >= 0.6 is 0 Å². The van der Waals surface area contributed by atoms with Crippen LogP contribution in [-0.2, 0) is 4.74 Å². The predicted molar refractivity (Wildman–Crippen MR) is 61.5 cm³/mol. The highest BCUT2D eigenvalue weighted by Gasteiger charge is 2.34. The van der Waals surface area contributed by atoms with E-state index in [0.29, 0.717) is 5.41 Å². The molecule has 84 valence electrons. The topological polar surface area (TPSA) is 9.23 Å². The highest BCUT2D eigenvalue weighted by Crippen LogP contribution is 2.37. The summed E-state index contributed by atoms with van der Waals surface area (Å²) in [7, 11) is 0. The van der Waals surface area contributed by atoms with E-state index in [1.807, 2.05) is 0 Å². The zero-order chi connectivity index (χ0) is 10.7. The van der Waals surface area contributed by atoms with E-state index in [-0.39, 0.29) is 5.60 Å². The monoisotopic (exact) mass is 198 g/mol. The summed E-state index contributed by atoms with van der Waals surface area (Å²) in [6, 6.07) is 0. The number of rotatable bonds is 5. The molecule has 0 atom stereocenters. The molecule has 0 aromatic heterocycles. The van der Waals surface area contributed by atoms with E-state index >= 15 is 0 Å². The first-order valence-electron chi connectivity index (χ1n) is 6.17. The van der Waals surface area contributed by atoms with Crippen LogP contribution in [0.1, 0.15) is 66.2 Å². The van der Waals surface area contributed by atoms with E-state index in [4.69, 9.17) is 4.74 Å². The molecule has 0 amide bonds. The molecule has 0 aromatic carbocycles. The van der Waals surface area contributed by atoms with Crippen molar-refractivity contribution < 1.29 is 4.74 Å². The van der Waals surface area contributed by atoms with Gasteiger partial charge in [0.05, 0.1) is 12.2 Å². The number of hydrogen-bond donors (Lipinski definition) is 0. The lowest BCUT2D eigenvalue weighted by molar-refractivity contribution is -0.0763. The van der Waals surface area contributed by atoms with Crippen molar-refractivity contribution in [3.05, 3.63) is 0 Å². The second kappa shape index (κ2) is 4.65. The van der Waals surface area contributed by atoms with Crippen LogP contribution in [0.15, 0.2) is 0 Å². The van der Waals surface area contributed by atoms with Gasteiger partial charge in [-0.25, -0.2) is 0 Å². The van der Waals surface area contributed by atoms with Crippen LogP contribution < -0.4 is 0 Å². The zero-order valence-electron chi connectivity index (χ0n) is 10.4. The Kier molecular flexibility index (Phi) is 4.00. The quantitative estimate of drug-likeness (QED) is 0.644. The van der Waals surface area contributed by atoms with E-state index in [0.717, 1.165) is 6.61 Å². The summed E-state index contributed by atoms with van der Waals surface area (Å²) in [4.78, 5) is 0. The Hall–Kier alpha value is -0.0400. The van der Waals surface area contributed by atoms with Crippen molar-refractivity contribution in [2.45, 2.75) is 71.8 Å². The lowest BCUT2D eigenvalue weighted by Gasteiger charge is -2.33. The van der Waals surface area contributed by atoms with Crippen LogP contribution in [0.3, 0.4) is 0 Å². The SMILES string of the molecule is CCC(C)(C)COC1(CC)CCCC1. The summed E-state index contributed by atoms with van der Waals surface area (Å²) in [5.41, 5.74) is 0.594. The lowest BCUT2D eigenvalue weighted by Crippen LogP contribution is -2.32. The molecule has 0 N–H and O–H groups in total. The minimum atomic E-state index is 0.242. The molecule has 1 saturated carbocycles. The molecule has 14 heavy (non-hydrogen) atoms. The Balaban J connectivity index is 2.41. The van der Waals surface area contributed by atoms with Gasteiger partial charge in [-0.05, 0) is 31.1 Å². The van der Waals surface area contributed by atoms with Crippen LogP contribution in [-0.4, -0.2) is 12.2 Å². The maximum atomic E-state index is 6.20. The molecule has 0 heterocycles. The third-order valence-electron chi connectivity index (χ3n) is 3.89. The minimum Gasteiger partial charge on any atom is -0.374 e. The summed E-state index contributed by atoms with van der Waals surface area (Å²) in [6.45, 7) is 10.0. The van der Waals surface area contributed by atoms with E-state index in [1.165, 1.54) is 38.5 Å². The van der Waals surface area contributed by atoms with Gasteiger partial charge < -0.3 is 4.74 Å². The van der Waals surface area contributed by atoms with E-state index in [9.17, 15) is 0 Å². The zero-order valence-corrected chi connectivity index (χ0v) is 10.4. The van der Waals surface area contributed by atoms with Crippen LogP contribution in [0.5, 0.6) is 0 Å². The van der Waals surface area contributed by atoms with Gasteiger partial charge in [0.25, 0.3) is 0 Å². The lowest BCUT2D eigenvalue weighted by atomic mass is 9.90. The fraction of sp³-hybridized carbons (Fsp3) is 1.00. The number of ether oxygens (including phenoxy) is 1. The van der Waals surface area contributed by atoms with Crippen LogP contribution in [0.4, 0.5) is 0 Å². The van der Waals surface area contributed by atoms with Crippen molar-refractivity contribution in [1.29, 1.82) is 0 Å². The molecule has 1 nitrogen and oxygen atoms in total. The molecule has 0 spiro atoms. The van der Waals surface area contributed by atoms with Gasteiger partial charge in [0.2, 0.25) is 0 Å². The fourth-order valence-electron chi connectivity index (χ4n) is 2.07. The average molecular weight is 198 g/mol. The predicted octanol–water partition coefficient (Wildman–Crippen LogP) is 4.16. The van der Waals surface area contributed by atoms with Gasteiger partial charge in [-0.15, -0.1) is 0 Å². The number of hydrogen-bond acceptors (Lipinski definition) is 1. The van der Waals surface area contributed by atoms with Crippen LogP contribution in [0.25, 0.3) is 0 Å². The molecular formula is C13H26O. The second-order valence-corrected chi connectivity index (χ2v) is 5.55. The largest absolute Gasteiger partial charge is 0.374 e. The van der Waals surface area contributed by atoms with E-state index in [2.05, 4.69) is 27.7 Å². The van der Waals surface area contributed by atoms with E-state index in [1.54, 1.807) is 0 Å². The van der Waals surface area contributed by atoms with E-state index < -0.39 is 0 Å². The molecule has 0 aliphatic heterocycles. The molecule has 1 fully saturated rings. The first-order valence-corrected chi connectivity index (χ1v) is 6.17. The van der Waals surface area contributed by atoms with Gasteiger partial charge in [0.1, 0.15) is 0 Å². The maximum absolute atomic E-state index is 6.20. The van der Waals surface area contributed by atoms with Crippen molar-refractivity contribution in [2.24, 2.45) is 5.41 Å². The molecule has 0 unspecified atom stereocenters. The summed E-state index contributed by atoms with van der Waals surface area (Å²) >= 11 is 0. The Labute approximate surface area is 89.2 Å². The minimum absolute atomic E-state index is 0.242. The first kappa shape index (κ1) is 12.0. The third-order valence-corrected chi connectivity index (χ3v) is 3.89. The highest BCUT2D eigenvalue weighted by molar-refractivity contribution is 4.85. The maximum Gasteiger partial charge on any atom is 0.0680 e. The molecule has 1 aliphatic rings. The first-order chi connectivity index (χ1) is 6.54. The third kappa shape index (κ3) is 2.98. The molecule has 1 rings (SSSR count). The van der Waals surface area contributed by atoms with Crippen LogP contribution in [0, 0.1) is 5.41 Å². The molecule has 0 saturated heterocycles. The van der Waals surface area contributed by atoms with Gasteiger partial charge in [0.15, 0.2) is 0 Å². The van der Waals surface area contributed by atoms with Gasteiger partial charge in [0, 0.05) is 0 Å². The summed E-state index contributed by atoms with van der Waals surface area (Å²) in [6.07, 6.45) is 7.67. The molecule has 0 aromatic rings. The Morgan fingerprint density at radius 1 is 1.14 bits per heavy atom. The van der Waals surface area contributed by atoms with Gasteiger partial charge in [-0.1, -0.05) is 40.5 Å². The molecular weight excluding hydrogens is 172 g/mol. The highest BCUT2D eigenvalue weighted by atomic mass is 16.5. The van der Waals surface area contributed by atoms with Crippen molar-refractivity contribution in [3.8, 4) is 0 Å². The van der Waals surface area contributed by atoms with Gasteiger partial charge in [-0.2, -0.15) is 0 Å². The Bertz CT molecular complexity index is 166. The molecule has 0 bridgehead atoms. The van der Waals surface area contributed by atoms with Crippen LogP contribution in [0.2, 0.25) is 0 Å². The van der Waals surface area contributed by atoms with Gasteiger partial charge in [-0.3, -0.25) is 0 Å². The molecule has 1 aliphatic carbocycles. The molecule has 1 heteroatoms. The fourth-order valence-corrected chi connectivity index (χ4v) is 2.07. The Morgan fingerprint density at radius 3 is 2.14 bits per heavy atom. The molecule has 0 radical (unpaired) electrons. The van der Waals surface area contributed by atoms with Gasteiger partial charge >= 0.3 is 0 Å². The van der Waals surface area contributed by atoms with Crippen molar-refractivity contribution >= 4 is 0 Å². The van der Waals surface area contributed by atoms with Crippen molar-refractivity contribution in [2.75, 3.05) is 6.61 Å². The summed E-state index contributed by atoms with van der Waals surface area (Å²) < 4.78 is 6.20. The smallest absolute Gasteiger partial charge is 0.0680 e. The summed E-state index contributed by atoms with van der Waals surface area (Å²) in [5.74, 6) is 0.